The molecule has 0 bridgehead atoms. The second-order valence-electron chi connectivity index (χ2n) is 3.92. The lowest BCUT2D eigenvalue weighted by atomic mass is 9.99. The van der Waals surface area contributed by atoms with Crippen LogP contribution in [0, 0.1) is 0 Å². The number of amides is 1. The molecule has 0 aromatic heterocycles. The molecule has 1 rings (SSSR count). The van der Waals surface area contributed by atoms with Crippen LogP contribution in [0.5, 0.6) is 0 Å². The van der Waals surface area contributed by atoms with Crippen molar-refractivity contribution in [1.82, 2.24) is 0 Å². The molecule has 17 heavy (non-hydrogen) atoms. The van der Waals surface area contributed by atoms with E-state index in [1.54, 1.807) is 0 Å². The molecule has 0 fully saturated rings. The number of carbonyl (C=O) groups is 1. The molecule has 0 radical (unpaired) electrons. The summed E-state index contributed by atoms with van der Waals surface area (Å²) in [6.45, 7) is 4.15. The van der Waals surface area contributed by atoms with Crippen LogP contribution >= 0.6 is 0 Å². The van der Waals surface area contributed by atoms with Crippen molar-refractivity contribution in [2.24, 2.45) is 0 Å². The molecule has 94 valence electrons. The third-order valence-electron chi connectivity index (χ3n) is 2.66. The Kier molecular flexibility index (Phi) is 5.49. The van der Waals surface area contributed by atoms with Crippen LogP contribution in [-0.2, 0) is 4.74 Å². The fraction of sp³-hybridized carbons (Fsp3) is 0.462. The topological polar surface area (TPSA) is 58.6 Å². The van der Waals surface area contributed by atoms with Gasteiger partial charge in [0.15, 0.2) is 0 Å². The Morgan fingerprint density at radius 1 is 1.41 bits per heavy atom. The maximum atomic E-state index is 11.2. The zero-order valence-electron chi connectivity index (χ0n) is 10.3. The van der Waals surface area contributed by atoms with Gasteiger partial charge < -0.3 is 9.84 Å². The van der Waals surface area contributed by atoms with Gasteiger partial charge in [0.25, 0.3) is 0 Å². The molecule has 0 aliphatic rings. The Morgan fingerprint density at radius 2 is 2.06 bits per heavy atom. The molecular formula is C13H19NO3. The summed E-state index contributed by atoms with van der Waals surface area (Å²) in [6.07, 6.45) is 0.543. The quantitative estimate of drug-likeness (QED) is 0.827. The number of rotatable bonds is 5. The number of carbonyl (C=O) groups excluding carboxylic acids is 1. The van der Waals surface area contributed by atoms with Crippen LogP contribution in [0.2, 0.25) is 0 Å². The molecule has 4 nitrogen and oxygen atoms in total. The van der Waals surface area contributed by atoms with E-state index in [4.69, 9.17) is 9.84 Å². The lowest BCUT2D eigenvalue weighted by Crippen LogP contribution is -2.15. The van der Waals surface area contributed by atoms with Gasteiger partial charge in [-0.25, -0.2) is 4.79 Å². The fourth-order valence-electron chi connectivity index (χ4n) is 1.42. The van der Waals surface area contributed by atoms with Crippen molar-refractivity contribution in [3.8, 4) is 0 Å². The average Bonchev–Trinajstić information content (AvgIpc) is 2.36. The van der Waals surface area contributed by atoms with Gasteiger partial charge in [0.2, 0.25) is 0 Å². The molecule has 1 aromatic rings. The van der Waals surface area contributed by atoms with Crippen molar-refractivity contribution in [3.05, 3.63) is 29.8 Å². The van der Waals surface area contributed by atoms with Gasteiger partial charge >= 0.3 is 6.09 Å². The Morgan fingerprint density at radius 3 is 2.59 bits per heavy atom. The molecule has 0 aliphatic heterocycles. The minimum atomic E-state index is -0.546. The van der Waals surface area contributed by atoms with E-state index in [9.17, 15) is 4.79 Å². The summed E-state index contributed by atoms with van der Waals surface area (Å²) in [6, 6.07) is 7.69. The number of hydrogen-bond acceptors (Lipinski definition) is 3. The maximum Gasteiger partial charge on any atom is 0.411 e. The van der Waals surface area contributed by atoms with E-state index in [1.807, 2.05) is 24.3 Å². The molecule has 2 N–H and O–H groups in total. The van der Waals surface area contributed by atoms with Gasteiger partial charge in [0.1, 0.15) is 6.61 Å². The molecule has 0 spiro atoms. The van der Waals surface area contributed by atoms with Crippen molar-refractivity contribution in [3.63, 3.8) is 0 Å². The van der Waals surface area contributed by atoms with E-state index in [0.717, 1.165) is 6.42 Å². The Labute approximate surface area is 102 Å². The predicted octanol–water partition coefficient (Wildman–Crippen LogP) is 2.74. The first-order valence-electron chi connectivity index (χ1n) is 5.82. The van der Waals surface area contributed by atoms with Gasteiger partial charge in [-0.2, -0.15) is 0 Å². The van der Waals surface area contributed by atoms with Gasteiger partial charge in [-0.05, 0) is 30.0 Å². The van der Waals surface area contributed by atoms with Crippen LogP contribution in [-0.4, -0.2) is 24.4 Å². The largest absolute Gasteiger partial charge is 0.447 e. The highest BCUT2D eigenvalue weighted by Gasteiger charge is 2.05. The molecular weight excluding hydrogens is 218 g/mol. The molecule has 0 heterocycles. The number of hydrogen-bond donors (Lipinski definition) is 2. The standard InChI is InChI=1S/C13H19NO3/c1-3-10(2)11-4-6-12(7-5-11)14-13(16)17-9-8-15/h4-7,10,15H,3,8-9H2,1-2H3,(H,14,16). The Bertz CT molecular complexity index is 348. The Hall–Kier alpha value is -1.55. The summed E-state index contributed by atoms with van der Waals surface area (Å²) in [4.78, 5) is 11.2. The molecule has 0 saturated heterocycles. The van der Waals surface area contributed by atoms with Gasteiger partial charge in [0.05, 0.1) is 6.61 Å². The minimum absolute atomic E-state index is 0.0107. The molecule has 1 amide bonds. The van der Waals surface area contributed by atoms with Gasteiger partial charge in [-0.1, -0.05) is 26.0 Å². The molecule has 1 unspecified atom stereocenters. The highest BCUT2D eigenvalue weighted by atomic mass is 16.6. The number of anilines is 1. The third-order valence-corrected chi connectivity index (χ3v) is 2.66. The first-order chi connectivity index (χ1) is 8.17. The first kappa shape index (κ1) is 13.5. The number of ether oxygens (including phenoxy) is 1. The van der Waals surface area contributed by atoms with Gasteiger partial charge in [0, 0.05) is 5.69 Å². The second kappa shape index (κ2) is 6.91. The average molecular weight is 237 g/mol. The molecule has 1 aromatic carbocycles. The van der Waals surface area contributed by atoms with Crippen LogP contribution in [0.4, 0.5) is 10.5 Å². The fourth-order valence-corrected chi connectivity index (χ4v) is 1.42. The zero-order chi connectivity index (χ0) is 12.7. The smallest absolute Gasteiger partial charge is 0.411 e. The van der Waals surface area contributed by atoms with Crippen molar-refractivity contribution in [2.75, 3.05) is 18.5 Å². The lowest BCUT2D eigenvalue weighted by Gasteiger charge is -2.10. The number of benzene rings is 1. The summed E-state index contributed by atoms with van der Waals surface area (Å²) in [5, 5.41) is 11.1. The van der Waals surface area contributed by atoms with Crippen molar-refractivity contribution >= 4 is 11.8 Å². The predicted molar refractivity (Wildman–Crippen MR) is 67.2 cm³/mol. The van der Waals surface area contributed by atoms with E-state index in [2.05, 4.69) is 19.2 Å². The number of aliphatic hydroxyl groups excluding tert-OH is 1. The lowest BCUT2D eigenvalue weighted by molar-refractivity contribution is 0.131. The number of nitrogens with one attached hydrogen (secondary N) is 1. The van der Waals surface area contributed by atoms with Gasteiger partial charge in [-0.15, -0.1) is 0 Å². The van der Waals surface area contributed by atoms with Crippen LogP contribution in [0.3, 0.4) is 0 Å². The van der Waals surface area contributed by atoms with Crippen LogP contribution < -0.4 is 5.32 Å². The van der Waals surface area contributed by atoms with E-state index in [-0.39, 0.29) is 13.2 Å². The third kappa shape index (κ3) is 4.44. The molecule has 4 heteroatoms. The van der Waals surface area contributed by atoms with E-state index in [0.29, 0.717) is 11.6 Å². The van der Waals surface area contributed by atoms with Gasteiger partial charge in [-0.3, -0.25) is 5.32 Å². The van der Waals surface area contributed by atoms with Crippen LogP contribution in [0.15, 0.2) is 24.3 Å². The first-order valence-corrected chi connectivity index (χ1v) is 5.82. The summed E-state index contributed by atoms with van der Waals surface area (Å²) >= 11 is 0. The van der Waals surface area contributed by atoms with Crippen LogP contribution in [0.25, 0.3) is 0 Å². The summed E-state index contributed by atoms with van der Waals surface area (Å²) in [5.74, 6) is 0.519. The van der Waals surface area contributed by atoms with E-state index in [1.165, 1.54) is 5.56 Å². The van der Waals surface area contributed by atoms with Crippen LogP contribution in [0.1, 0.15) is 31.7 Å². The highest BCUT2D eigenvalue weighted by molar-refractivity contribution is 5.84. The van der Waals surface area contributed by atoms with E-state index < -0.39 is 6.09 Å². The summed E-state index contributed by atoms with van der Waals surface area (Å²) in [5.41, 5.74) is 1.95. The minimum Gasteiger partial charge on any atom is -0.447 e. The second-order valence-corrected chi connectivity index (χ2v) is 3.92. The molecule has 0 aliphatic carbocycles. The van der Waals surface area contributed by atoms with Crippen molar-refractivity contribution < 1.29 is 14.6 Å². The highest BCUT2D eigenvalue weighted by Crippen LogP contribution is 2.20. The Balaban J connectivity index is 2.53. The number of aliphatic hydroxyl groups is 1. The SMILES string of the molecule is CCC(C)c1ccc(NC(=O)OCCO)cc1. The maximum absolute atomic E-state index is 11.2. The van der Waals surface area contributed by atoms with Crippen molar-refractivity contribution in [1.29, 1.82) is 0 Å². The monoisotopic (exact) mass is 237 g/mol. The summed E-state index contributed by atoms with van der Waals surface area (Å²) in [7, 11) is 0. The van der Waals surface area contributed by atoms with Crippen molar-refractivity contribution in [2.45, 2.75) is 26.2 Å². The molecule has 1 atom stereocenters. The normalized spacial score (nSPS) is 11.9. The molecule has 0 saturated carbocycles. The zero-order valence-corrected chi connectivity index (χ0v) is 10.3. The van der Waals surface area contributed by atoms with E-state index >= 15 is 0 Å². The summed E-state index contributed by atoms with van der Waals surface area (Å²) < 4.78 is 4.69.